The van der Waals surface area contributed by atoms with Crippen LogP contribution in [0, 0.1) is 11.8 Å². The van der Waals surface area contributed by atoms with Crippen LogP contribution in [0.25, 0.3) is 0 Å². The van der Waals surface area contributed by atoms with Gasteiger partial charge in [0.1, 0.15) is 0 Å². The fourth-order valence-corrected chi connectivity index (χ4v) is 14.0. The third-order valence-electron chi connectivity index (χ3n) is 19.8. The van der Waals surface area contributed by atoms with Crippen molar-refractivity contribution >= 4 is 0 Å². The smallest absolute Gasteiger partial charge is 0.0414 e. The number of hydrogen-bond donors (Lipinski definition) is 0. The van der Waals surface area contributed by atoms with Crippen molar-refractivity contribution in [1.82, 2.24) is 0 Å². The van der Waals surface area contributed by atoms with Crippen LogP contribution in [-0.4, -0.2) is 0 Å². The fourth-order valence-electron chi connectivity index (χ4n) is 14.0. The highest BCUT2D eigenvalue weighted by Gasteiger charge is 2.12. The van der Waals surface area contributed by atoms with Crippen molar-refractivity contribution in [3.05, 3.63) is 0 Å². The predicted molar refractivity (Wildman–Crippen MR) is 371 cm³/mol. The van der Waals surface area contributed by atoms with E-state index in [0.717, 1.165) is 11.8 Å². The van der Waals surface area contributed by atoms with Crippen molar-refractivity contribution in [3.8, 4) is 0 Å². The zero-order valence-corrected chi connectivity index (χ0v) is 57.5. The Kier molecular flexibility index (Phi) is 75.1. The van der Waals surface area contributed by atoms with Gasteiger partial charge in [-0.25, -0.2) is 0 Å². The number of rotatable bonds is 75. The molecule has 0 bridgehead atoms. The Morgan fingerprint density at radius 3 is 0.275 bits per heavy atom. The third kappa shape index (κ3) is 70.5. The van der Waals surface area contributed by atoms with Crippen LogP contribution in [0.3, 0.4) is 0 Å². The van der Waals surface area contributed by atoms with E-state index in [4.69, 9.17) is 0 Å². The van der Waals surface area contributed by atoms with Crippen LogP contribution in [0.15, 0.2) is 0 Å². The van der Waals surface area contributed by atoms with Crippen molar-refractivity contribution in [1.29, 1.82) is 0 Å². The van der Waals surface area contributed by atoms with E-state index < -0.39 is 0 Å². The molecule has 0 nitrogen and oxygen atoms in total. The van der Waals surface area contributed by atoms with E-state index in [1.165, 1.54) is 449 Å². The zero-order chi connectivity index (χ0) is 57.5. The largest absolute Gasteiger partial charge is 0.0654 e. The highest BCUT2D eigenvalue weighted by molar-refractivity contribution is 4.66. The monoisotopic (exact) mass is 1120 g/mol. The summed E-state index contributed by atoms with van der Waals surface area (Å²) in [6.07, 6.45) is 110. The average Bonchev–Trinajstić information content (AvgIpc) is 3.46. The summed E-state index contributed by atoms with van der Waals surface area (Å²) in [7, 11) is 0. The second kappa shape index (κ2) is 75.1. The molecule has 0 fully saturated rings. The summed E-state index contributed by atoms with van der Waals surface area (Å²) in [6.45, 7) is 9.33. The van der Waals surface area contributed by atoms with Gasteiger partial charge in [0.25, 0.3) is 0 Å². The van der Waals surface area contributed by atoms with E-state index in [9.17, 15) is 0 Å². The molecule has 2 atom stereocenters. The highest BCUT2D eigenvalue weighted by atomic mass is 14.2. The molecule has 0 aromatic heterocycles. The summed E-state index contributed by atoms with van der Waals surface area (Å²) in [5, 5.41) is 0. The average molecular weight is 1120 g/mol. The molecule has 482 valence electrons. The molecule has 0 aliphatic heterocycles. The molecule has 0 aliphatic carbocycles. The van der Waals surface area contributed by atoms with E-state index in [1.54, 1.807) is 25.7 Å². The summed E-state index contributed by atoms with van der Waals surface area (Å²) >= 11 is 0. The topological polar surface area (TPSA) is 0 Å². The van der Waals surface area contributed by atoms with Gasteiger partial charge in [-0.3, -0.25) is 0 Å². The number of hydrogen-bond acceptors (Lipinski definition) is 0. The molecular formula is C80H162. The highest BCUT2D eigenvalue weighted by Crippen LogP contribution is 2.29. The summed E-state index contributed by atoms with van der Waals surface area (Å²) in [4.78, 5) is 0. The molecule has 0 heterocycles. The van der Waals surface area contributed by atoms with E-state index in [1.807, 2.05) is 0 Å². The van der Waals surface area contributed by atoms with Gasteiger partial charge in [0.2, 0.25) is 0 Å². The van der Waals surface area contributed by atoms with Crippen molar-refractivity contribution in [2.75, 3.05) is 0 Å². The molecule has 2 unspecified atom stereocenters. The zero-order valence-electron chi connectivity index (χ0n) is 57.5. The van der Waals surface area contributed by atoms with Crippen LogP contribution in [0.2, 0.25) is 0 Å². The van der Waals surface area contributed by atoms with Gasteiger partial charge in [-0.15, -0.1) is 0 Å². The Labute approximate surface area is 512 Å². The number of unbranched alkanes of at least 4 members (excludes halogenated alkanes) is 63. The molecule has 0 heteroatoms. The van der Waals surface area contributed by atoms with Gasteiger partial charge in [-0.05, 0) is 11.8 Å². The Hall–Kier alpha value is 0. The van der Waals surface area contributed by atoms with Crippen LogP contribution < -0.4 is 0 Å². The summed E-state index contributed by atoms with van der Waals surface area (Å²) in [5.41, 5.74) is 0. The van der Waals surface area contributed by atoms with Crippen LogP contribution in [0.5, 0.6) is 0 Å². The van der Waals surface area contributed by atoms with Crippen molar-refractivity contribution in [3.63, 3.8) is 0 Å². The van der Waals surface area contributed by atoms with Crippen LogP contribution in [0.4, 0.5) is 0 Å². The lowest BCUT2D eigenvalue weighted by molar-refractivity contribution is 0.345. The quantitative estimate of drug-likeness (QED) is 0.0533. The second-order valence-electron chi connectivity index (χ2n) is 28.1. The minimum Gasteiger partial charge on any atom is -0.0654 e. The summed E-state index contributed by atoms with van der Waals surface area (Å²) in [6, 6.07) is 0. The first-order chi connectivity index (χ1) is 39.8. The third-order valence-corrected chi connectivity index (χ3v) is 19.8. The Morgan fingerprint density at radius 1 is 0.100 bits per heavy atom. The Balaban J connectivity index is 4.70. The molecule has 80 heavy (non-hydrogen) atoms. The Bertz CT molecular complexity index is 1010. The fraction of sp³-hybridized carbons (Fsp3) is 1.00. The van der Waals surface area contributed by atoms with Gasteiger partial charge in [0.05, 0.1) is 0 Å². The lowest BCUT2D eigenvalue weighted by Crippen LogP contribution is -2.03. The molecule has 0 radical (unpaired) electrons. The molecule has 0 saturated carbocycles. The van der Waals surface area contributed by atoms with E-state index in [-0.39, 0.29) is 0 Å². The van der Waals surface area contributed by atoms with Crippen LogP contribution >= 0.6 is 0 Å². The SMILES string of the molecule is CCCCCCCCCCCCCCCCCCCCC(CCCCCCCCCCCCCCCCCCC)CCCCCC(CCCCCCCCCCCCCCCC)CCCCCCCCCCCCCCCCCC. The van der Waals surface area contributed by atoms with E-state index in [0.29, 0.717) is 0 Å². The normalized spacial score (nSPS) is 12.6. The van der Waals surface area contributed by atoms with Crippen molar-refractivity contribution < 1.29 is 0 Å². The molecular weight excluding hydrogens is 961 g/mol. The summed E-state index contributed by atoms with van der Waals surface area (Å²) in [5.74, 6) is 2.04. The second-order valence-corrected chi connectivity index (χ2v) is 28.1. The van der Waals surface area contributed by atoms with Gasteiger partial charge in [-0.2, -0.15) is 0 Å². The molecule has 0 amide bonds. The van der Waals surface area contributed by atoms with Crippen molar-refractivity contribution in [2.45, 2.75) is 503 Å². The predicted octanol–water partition coefficient (Wildman–Crippen LogP) is 31.2. The molecule has 0 aromatic carbocycles. The van der Waals surface area contributed by atoms with Gasteiger partial charge in [-0.1, -0.05) is 503 Å². The first kappa shape index (κ1) is 80.0. The van der Waals surface area contributed by atoms with Crippen LogP contribution in [0.1, 0.15) is 503 Å². The first-order valence-corrected chi connectivity index (χ1v) is 39.8. The van der Waals surface area contributed by atoms with Gasteiger partial charge in [0, 0.05) is 0 Å². The lowest BCUT2D eigenvalue weighted by atomic mass is 9.87. The molecule has 0 spiro atoms. The minimum atomic E-state index is 1.02. The lowest BCUT2D eigenvalue weighted by Gasteiger charge is -2.19. The summed E-state index contributed by atoms with van der Waals surface area (Å²) < 4.78 is 0. The van der Waals surface area contributed by atoms with E-state index in [2.05, 4.69) is 27.7 Å². The standard InChI is InChI=1S/C80H162/c1-5-9-13-17-21-25-29-33-37-40-42-45-49-53-57-61-65-70-76-80(75-69-64-60-56-52-48-44-41-38-34-30-26-22-18-14-10-6-2)78-72-66-71-77-79(73-67-62-58-54-50-46-36-32-28-24-20-16-12-8-4)74-68-63-59-55-51-47-43-39-35-31-27-23-19-15-11-7-3/h79-80H,5-78H2,1-4H3. The first-order valence-electron chi connectivity index (χ1n) is 39.8. The van der Waals surface area contributed by atoms with Gasteiger partial charge < -0.3 is 0 Å². The van der Waals surface area contributed by atoms with Crippen LogP contribution in [-0.2, 0) is 0 Å². The van der Waals surface area contributed by atoms with Gasteiger partial charge in [0.15, 0.2) is 0 Å². The maximum atomic E-state index is 2.33. The maximum Gasteiger partial charge on any atom is -0.0414 e. The maximum absolute atomic E-state index is 2.33. The molecule has 0 aromatic rings. The van der Waals surface area contributed by atoms with E-state index >= 15 is 0 Å². The molecule has 0 aliphatic rings. The Morgan fingerprint density at radius 2 is 0.175 bits per heavy atom. The van der Waals surface area contributed by atoms with Crippen molar-refractivity contribution in [2.24, 2.45) is 11.8 Å². The molecule has 0 N–H and O–H groups in total. The molecule has 0 rings (SSSR count). The minimum absolute atomic E-state index is 1.02. The molecule has 0 saturated heterocycles. The van der Waals surface area contributed by atoms with Gasteiger partial charge >= 0.3 is 0 Å².